The largest absolute Gasteiger partial charge is 0.506 e. The molecule has 5 heteroatoms. The van der Waals surface area contributed by atoms with E-state index in [4.69, 9.17) is 0 Å². The molecule has 1 aromatic heterocycles. The number of benzene rings is 1. The van der Waals surface area contributed by atoms with Crippen LogP contribution in [0.5, 0.6) is 5.75 Å². The van der Waals surface area contributed by atoms with E-state index >= 15 is 0 Å². The third-order valence-corrected chi connectivity index (χ3v) is 4.62. The first-order valence-corrected chi connectivity index (χ1v) is 8.21. The van der Waals surface area contributed by atoms with Crippen LogP contribution in [0, 0.1) is 0 Å². The van der Waals surface area contributed by atoms with E-state index in [0.717, 1.165) is 12.8 Å². The van der Waals surface area contributed by atoms with E-state index in [1.54, 1.807) is 12.1 Å². The van der Waals surface area contributed by atoms with Crippen LogP contribution in [0.25, 0.3) is 10.9 Å². The summed E-state index contributed by atoms with van der Waals surface area (Å²) in [6.45, 7) is 1.88. The highest BCUT2D eigenvalue weighted by atomic mass is 16.3. The van der Waals surface area contributed by atoms with Crippen LogP contribution in [0.1, 0.15) is 49.4 Å². The number of ketones is 1. The van der Waals surface area contributed by atoms with Crippen molar-refractivity contribution in [3.05, 3.63) is 40.2 Å². The lowest BCUT2D eigenvalue weighted by molar-refractivity contribution is 0.0942. The van der Waals surface area contributed by atoms with Gasteiger partial charge < -0.3 is 15.4 Å². The number of phenolic OH excluding ortho intramolecular Hbond substituents is 1. The van der Waals surface area contributed by atoms with Gasteiger partial charge in [-0.1, -0.05) is 19.3 Å². The fraction of sp³-hybridized carbons (Fsp3) is 0.444. The summed E-state index contributed by atoms with van der Waals surface area (Å²) in [6, 6.07) is 6.14. The highest BCUT2D eigenvalue weighted by Gasteiger charge is 2.22. The van der Waals surface area contributed by atoms with Crippen molar-refractivity contribution in [1.82, 2.24) is 10.3 Å². The van der Waals surface area contributed by atoms with E-state index in [2.05, 4.69) is 10.3 Å². The normalized spacial score (nSPS) is 17.3. The van der Waals surface area contributed by atoms with Gasteiger partial charge in [0.25, 0.3) is 0 Å². The Bertz CT molecular complexity index is 775. The molecule has 1 saturated carbocycles. The molecule has 122 valence electrons. The van der Waals surface area contributed by atoms with Crippen LogP contribution in [0.2, 0.25) is 0 Å². The second-order valence-electron chi connectivity index (χ2n) is 6.33. The SMILES string of the molecule is CC(NC1CCCCC1)C(=O)c1ccc(O)c2[nH]c(=O)ccc12. The van der Waals surface area contributed by atoms with Crippen molar-refractivity contribution in [2.24, 2.45) is 0 Å². The lowest BCUT2D eigenvalue weighted by Gasteiger charge is -2.26. The Morgan fingerprint density at radius 3 is 2.70 bits per heavy atom. The summed E-state index contributed by atoms with van der Waals surface area (Å²) in [5.41, 5.74) is 0.531. The zero-order chi connectivity index (χ0) is 16.4. The van der Waals surface area contributed by atoms with Gasteiger partial charge in [0, 0.05) is 23.1 Å². The molecule has 0 saturated heterocycles. The van der Waals surface area contributed by atoms with Gasteiger partial charge in [-0.2, -0.15) is 0 Å². The molecule has 2 aromatic rings. The molecular weight excluding hydrogens is 292 g/mol. The fourth-order valence-corrected chi connectivity index (χ4v) is 3.38. The number of rotatable bonds is 4. The molecule has 1 heterocycles. The number of hydrogen-bond donors (Lipinski definition) is 3. The molecule has 1 fully saturated rings. The Kier molecular flexibility index (Phi) is 4.48. The molecular formula is C18H22N2O3. The third kappa shape index (κ3) is 3.29. The molecule has 0 spiro atoms. The predicted molar refractivity (Wildman–Crippen MR) is 90.0 cm³/mol. The maximum absolute atomic E-state index is 12.8. The zero-order valence-electron chi connectivity index (χ0n) is 13.3. The van der Waals surface area contributed by atoms with Gasteiger partial charge in [0.1, 0.15) is 5.75 Å². The number of nitrogens with one attached hydrogen (secondary N) is 2. The summed E-state index contributed by atoms with van der Waals surface area (Å²) in [5.74, 6) is -0.0465. The quantitative estimate of drug-likeness (QED) is 0.758. The molecule has 1 aliphatic rings. The van der Waals surface area contributed by atoms with Gasteiger partial charge in [-0.05, 0) is 38.0 Å². The first-order chi connectivity index (χ1) is 11.1. The second-order valence-corrected chi connectivity index (χ2v) is 6.33. The van der Waals surface area contributed by atoms with Gasteiger partial charge in [-0.25, -0.2) is 0 Å². The van der Waals surface area contributed by atoms with Gasteiger partial charge in [0.2, 0.25) is 5.56 Å². The maximum Gasteiger partial charge on any atom is 0.248 e. The number of Topliss-reactive ketones (excluding diaryl/α,β-unsaturated/α-hetero) is 1. The summed E-state index contributed by atoms with van der Waals surface area (Å²) >= 11 is 0. The van der Waals surface area contributed by atoms with Gasteiger partial charge >= 0.3 is 0 Å². The fourth-order valence-electron chi connectivity index (χ4n) is 3.38. The first kappa shape index (κ1) is 15.7. The van der Waals surface area contributed by atoms with Crippen molar-refractivity contribution in [2.75, 3.05) is 0 Å². The molecule has 3 rings (SSSR count). The van der Waals surface area contributed by atoms with Crippen molar-refractivity contribution in [2.45, 2.75) is 51.1 Å². The molecule has 1 aliphatic carbocycles. The average Bonchev–Trinajstić information content (AvgIpc) is 2.56. The number of hydrogen-bond acceptors (Lipinski definition) is 4. The minimum absolute atomic E-state index is 0.0207. The van der Waals surface area contributed by atoms with Crippen molar-refractivity contribution >= 4 is 16.7 Å². The molecule has 3 N–H and O–H groups in total. The molecule has 1 unspecified atom stereocenters. The van der Waals surface area contributed by atoms with Crippen LogP contribution in [-0.4, -0.2) is 28.0 Å². The number of carbonyl (C=O) groups is 1. The summed E-state index contributed by atoms with van der Waals surface area (Å²) in [6.07, 6.45) is 5.92. The van der Waals surface area contributed by atoms with Crippen molar-refractivity contribution in [3.63, 3.8) is 0 Å². The Labute approximate surface area is 134 Å². The zero-order valence-corrected chi connectivity index (χ0v) is 13.3. The van der Waals surface area contributed by atoms with Crippen LogP contribution >= 0.6 is 0 Å². The molecule has 1 atom stereocenters. The molecule has 0 bridgehead atoms. The number of fused-ring (bicyclic) bond motifs is 1. The highest BCUT2D eigenvalue weighted by Crippen LogP contribution is 2.26. The van der Waals surface area contributed by atoms with E-state index in [-0.39, 0.29) is 23.1 Å². The Morgan fingerprint density at radius 2 is 1.96 bits per heavy atom. The van der Waals surface area contributed by atoms with Crippen LogP contribution in [-0.2, 0) is 0 Å². The highest BCUT2D eigenvalue weighted by molar-refractivity contribution is 6.10. The van der Waals surface area contributed by atoms with Crippen LogP contribution < -0.4 is 10.9 Å². The summed E-state index contributed by atoms with van der Waals surface area (Å²) in [4.78, 5) is 26.8. The van der Waals surface area contributed by atoms with Crippen molar-refractivity contribution in [3.8, 4) is 5.75 Å². The topological polar surface area (TPSA) is 82.2 Å². The monoisotopic (exact) mass is 314 g/mol. The molecule has 0 aliphatic heterocycles. The lowest BCUT2D eigenvalue weighted by atomic mass is 9.93. The molecule has 0 amide bonds. The van der Waals surface area contributed by atoms with E-state index in [9.17, 15) is 14.7 Å². The van der Waals surface area contributed by atoms with E-state index in [1.165, 1.54) is 31.4 Å². The predicted octanol–water partition coefficient (Wildman–Crippen LogP) is 2.73. The summed E-state index contributed by atoms with van der Waals surface area (Å²) in [5, 5.41) is 13.9. The number of pyridine rings is 1. The Hall–Kier alpha value is -2.14. The van der Waals surface area contributed by atoms with Gasteiger partial charge in [-0.3, -0.25) is 9.59 Å². The van der Waals surface area contributed by atoms with Crippen molar-refractivity contribution < 1.29 is 9.90 Å². The number of phenols is 1. The minimum atomic E-state index is -0.300. The minimum Gasteiger partial charge on any atom is -0.506 e. The summed E-state index contributed by atoms with van der Waals surface area (Å²) in [7, 11) is 0. The number of H-pyrrole nitrogens is 1. The standard InChI is InChI=1S/C18H22N2O3/c1-11(19-12-5-3-2-4-6-12)18(23)14-7-9-15(21)17-13(14)8-10-16(22)20-17/h7-12,19,21H,2-6H2,1H3,(H,20,22). The Morgan fingerprint density at radius 1 is 1.22 bits per heavy atom. The van der Waals surface area contributed by atoms with E-state index in [0.29, 0.717) is 22.5 Å². The average molecular weight is 314 g/mol. The number of aromatic nitrogens is 1. The smallest absolute Gasteiger partial charge is 0.248 e. The Balaban J connectivity index is 1.88. The molecule has 23 heavy (non-hydrogen) atoms. The number of aromatic hydroxyl groups is 1. The summed E-state index contributed by atoms with van der Waals surface area (Å²) < 4.78 is 0. The first-order valence-electron chi connectivity index (χ1n) is 8.21. The number of aromatic amines is 1. The van der Waals surface area contributed by atoms with E-state index in [1.807, 2.05) is 6.92 Å². The van der Waals surface area contributed by atoms with Crippen LogP contribution in [0.15, 0.2) is 29.1 Å². The van der Waals surface area contributed by atoms with Crippen LogP contribution in [0.3, 0.4) is 0 Å². The number of carbonyl (C=O) groups excluding carboxylic acids is 1. The second kappa shape index (κ2) is 6.54. The van der Waals surface area contributed by atoms with Crippen LogP contribution in [0.4, 0.5) is 0 Å². The lowest BCUT2D eigenvalue weighted by Crippen LogP contribution is -2.42. The van der Waals surface area contributed by atoms with Gasteiger partial charge in [-0.15, -0.1) is 0 Å². The van der Waals surface area contributed by atoms with Gasteiger partial charge in [0.05, 0.1) is 11.6 Å². The van der Waals surface area contributed by atoms with Gasteiger partial charge in [0.15, 0.2) is 5.78 Å². The molecule has 0 radical (unpaired) electrons. The van der Waals surface area contributed by atoms with E-state index < -0.39 is 0 Å². The molecule has 5 nitrogen and oxygen atoms in total. The third-order valence-electron chi connectivity index (χ3n) is 4.62. The maximum atomic E-state index is 12.8. The molecule has 1 aromatic carbocycles. The van der Waals surface area contributed by atoms with Crippen molar-refractivity contribution in [1.29, 1.82) is 0 Å².